The molecule has 0 bridgehead atoms. The van der Waals surface area contributed by atoms with Crippen molar-refractivity contribution in [1.29, 1.82) is 0 Å². The van der Waals surface area contributed by atoms with Gasteiger partial charge in [-0.3, -0.25) is 9.69 Å². The Morgan fingerprint density at radius 1 is 0.875 bits per heavy atom. The number of amides is 1. The molecule has 1 amide bonds. The van der Waals surface area contributed by atoms with Crippen molar-refractivity contribution in [3.8, 4) is 5.75 Å². The quantitative estimate of drug-likeness (QED) is 0.553. The van der Waals surface area contributed by atoms with Crippen LogP contribution in [-0.2, 0) is 17.9 Å². The predicted molar refractivity (Wildman–Crippen MR) is 111 cm³/mol. The van der Waals surface area contributed by atoms with E-state index in [2.05, 4.69) is 5.32 Å². The Morgan fingerprint density at radius 3 is 1.97 bits per heavy atom. The zero-order valence-electron chi connectivity index (χ0n) is 16.9. The molecule has 1 aliphatic heterocycles. The van der Waals surface area contributed by atoms with Gasteiger partial charge in [-0.1, -0.05) is 60.7 Å². The third-order valence-electron chi connectivity index (χ3n) is 5.18. The molecule has 166 valence electrons. The third kappa shape index (κ3) is 4.91. The van der Waals surface area contributed by atoms with Crippen molar-refractivity contribution in [2.45, 2.75) is 31.4 Å². The number of halogens is 4. The van der Waals surface area contributed by atoms with Crippen LogP contribution in [-0.4, -0.2) is 29.1 Å². The summed E-state index contributed by atoms with van der Waals surface area (Å²) in [5, 5.41) is 2.42. The smallest absolute Gasteiger partial charge is 0.427 e. The van der Waals surface area contributed by atoms with Gasteiger partial charge in [-0.2, -0.15) is 13.2 Å². The first kappa shape index (κ1) is 21.8. The van der Waals surface area contributed by atoms with Gasteiger partial charge in [-0.05, 0) is 23.3 Å². The highest BCUT2D eigenvalue weighted by atomic mass is 19.4. The minimum atomic E-state index is -4.84. The van der Waals surface area contributed by atoms with E-state index in [4.69, 9.17) is 4.74 Å². The first-order valence-corrected chi connectivity index (χ1v) is 9.97. The monoisotopic (exact) mass is 444 g/mol. The van der Waals surface area contributed by atoms with Crippen molar-refractivity contribution in [1.82, 2.24) is 4.90 Å². The molecule has 2 unspecified atom stereocenters. The maximum atomic E-state index is 14.2. The van der Waals surface area contributed by atoms with E-state index in [1.807, 2.05) is 0 Å². The molecule has 0 aliphatic carbocycles. The van der Waals surface area contributed by atoms with Gasteiger partial charge in [0.1, 0.15) is 17.6 Å². The summed E-state index contributed by atoms with van der Waals surface area (Å²) in [5.41, 5.74) is 1.35. The van der Waals surface area contributed by atoms with Crippen LogP contribution in [0.2, 0.25) is 0 Å². The first-order valence-electron chi connectivity index (χ1n) is 9.97. The lowest BCUT2D eigenvalue weighted by molar-refractivity contribution is -0.212. The van der Waals surface area contributed by atoms with Crippen LogP contribution in [0, 0.1) is 5.82 Å². The largest absolute Gasteiger partial charge is 0.476 e. The van der Waals surface area contributed by atoms with Gasteiger partial charge in [0.15, 0.2) is 0 Å². The lowest BCUT2D eigenvalue weighted by atomic mass is 10.0. The molecule has 0 saturated carbocycles. The molecule has 1 aliphatic rings. The molecule has 0 aromatic heterocycles. The number of fused-ring (bicyclic) bond motifs is 1. The molecule has 4 nitrogen and oxygen atoms in total. The van der Waals surface area contributed by atoms with Gasteiger partial charge in [0.25, 0.3) is 0 Å². The fourth-order valence-electron chi connectivity index (χ4n) is 3.74. The van der Waals surface area contributed by atoms with Crippen LogP contribution in [0.25, 0.3) is 0 Å². The second-order valence-electron chi connectivity index (χ2n) is 7.53. The Morgan fingerprint density at radius 2 is 1.44 bits per heavy atom. The SMILES string of the molecule is O=C1Nc2cc(F)ccc2OC(C(F)(F)F)C1N(Cc1ccccc1)Cc1ccccc1. The highest BCUT2D eigenvalue weighted by Crippen LogP contribution is 2.37. The molecule has 3 aromatic rings. The summed E-state index contributed by atoms with van der Waals surface area (Å²) in [6.45, 7) is 0.156. The van der Waals surface area contributed by atoms with E-state index in [9.17, 15) is 22.4 Å². The van der Waals surface area contributed by atoms with E-state index in [0.29, 0.717) is 0 Å². The average molecular weight is 444 g/mol. The Hall–Kier alpha value is -3.39. The van der Waals surface area contributed by atoms with Gasteiger partial charge in [0.05, 0.1) is 5.69 Å². The van der Waals surface area contributed by atoms with E-state index in [1.54, 1.807) is 60.7 Å². The van der Waals surface area contributed by atoms with Crippen LogP contribution in [0.3, 0.4) is 0 Å². The molecule has 3 aromatic carbocycles. The Labute approximate surface area is 182 Å². The fraction of sp³-hybridized carbons (Fsp3) is 0.208. The number of carbonyl (C=O) groups excluding carboxylic acids is 1. The lowest BCUT2D eigenvalue weighted by Crippen LogP contribution is -2.57. The number of carbonyl (C=O) groups is 1. The summed E-state index contributed by atoms with van der Waals surface area (Å²) < 4.78 is 61.4. The van der Waals surface area contributed by atoms with Crippen LogP contribution >= 0.6 is 0 Å². The third-order valence-corrected chi connectivity index (χ3v) is 5.18. The van der Waals surface area contributed by atoms with Crippen molar-refractivity contribution in [3.05, 3.63) is 95.8 Å². The number of hydrogen-bond acceptors (Lipinski definition) is 3. The Bertz CT molecular complexity index is 1030. The predicted octanol–water partition coefficient (Wildman–Crippen LogP) is 5.16. The van der Waals surface area contributed by atoms with E-state index < -0.39 is 30.0 Å². The number of ether oxygens (including phenoxy) is 1. The molecule has 4 rings (SSSR count). The standard InChI is InChI=1S/C24H20F4N2O2/c25-18-11-12-20-19(13-18)29-23(31)21(22(32-20)24(26,27)28)30(14-16-7-3-1-4-8-16)15-17-9-5-2-6-10-17/h1-13,21-22H,14-15H2,(H,29,31). The summed E-state index contributed by atoms with van der Waals surface area (Å²) in [4.78, 5) is 14.5. The first-order chi connectivity index (χ1) is 15.3. The summed E-state index contributed by atoms with van der Waals surface area (Å²) in [6, 6.07) is 19.1. The number of alkyl halides is 3. The molecule has 8 heteroatoms. The highest BCUT2D eigenvalue weighted by Gasteiger charge is 2.53. The summed E-state index contributed by atoms with van der Waals surface area (Å²) in [7, 11) is 0. The molecule has 0 fully saturated rings. The lowest BCUT2D eigenvalue weighted by Gasteiger charge is -2.35. The van der Waals surface area contributed by atoms with Crippen molar-refractivity contribution >= 4 is 11.6 Å². The van der Waals surface area contributed by atoms with Gasteiger partial charge < -0.3 is 10.1 Å². The second kappa shape index (κ2) is 9.00. The van der Waals surface area contributed by atoms with Gasteiger partial charge in [0.2, 0.25) is 12.0 Å². The van der Waals surface area contributed by atoms with E-state index in [-0.39, 0.29) is 24.5 Å². The van der Waals surface area contributed by atoms with Crippen LogP contribution in [0.4, 0.5) is 23.2 Å². The Kier molecular flexibility index (Phi) is 6.14. The molecule has 0 saturated heterocycles. The number of nitrogens with one attached hydrogen (secondary N) is 1. The van der Waals surface area contributed by atoms with Crippen LogP contribution in [0.1, 0.15) is 11.1 Å². The van der Waals surface area contributed by atoms with Gasteiger partial charge in [-0.15, -0.1) is 0 Å². The number of hydrogen-bond donors (Lipinski definition) is 1. The van der Waals surface area contributed by atoms with Crippen LogP contribution < -0.4 is 10.1 Å². The number of rotatable bonds is 5. The molecule has 0 spiro atoms. The fourth-order valence-corrected chi connectivity index (χ4v) is 3.74. The Balaban J connectivity index is 1.76. The maximum absolute atomic E-state index is 14.2. The molecule has 1 heterocycles. The van der Waals surface area contributed by atoms with Crippen LogP contribution in [0.5, 0.6) is 5.75 Å². The molecular weight excluding hydrogens is 424 g/mol. The topological polar surface area (TPSA) is 41.6 Å². The van der Waals surface area contributed by atoms with E-state index in [1.165, 1.54) is 4.90 Å². The van der Waals surface area contributed by atoms with Gasteiger partial charge >= 0.3 is 6.18 Å². The van der Waals surface area contributed by atoms with E-state index >= 15 is 0 Å². The normalized spacial score (nSPS) is 18.5. The van der Waals surface area contributed by atoms with E-state index in [0.717, 1.165) is 29.3 Å². The maximum Gasteiger partial charge on any atom is 0.427 e. The number of benzene rings is 3. The highest BCUT2D eigenvalue weighted by molar-refractivity contribution is 5.97. The van der Waals surface area contributed by atoms with Crippen molar-refractivity contribution in [2.24, 2.45) is 0 Å². The summed E-state index contributed by atoms with van der Waals surface area (Å²) in [5.74, 6) is -1.84. The van der Waals surface area contributed by atoms with Crippen molar-refractivity contribution < 1.29 is 27.1 Å². The van der Waals surface area contributed by atoms with Crippen LogP contribution in [0.15, 0.2) is 78.9 Å². The molecule has 0 radical (unpaired) electrons. The zero-order chi connectivity index (χ0) is 22.7. The minimum Gasteiger partial charge on any atom is -0.476 e. The van der Waals surface area contributed by atoms with Crippen molar-refractivity contribution in [3.63, 3.8) is 0 Å². The van der Waals surface area contributed by atoms with Gasteiger partial charge in [0, 0.05) is 19.2 Å². The average Bonchev–Trinajstić information content (AvgIpc) is 2.90. The minimum absolute atomic E-state index is 0.0778. The molecule has 2 atom stereocenters. The summed E-state index contributed by atoms with van der Waals surface area (Å²) >= 11 is 0. The van der Waals surface area contributed by atoms with Crippen molar-refractivity contribution in [2.75, 3.05) is 5.32 Å². The summed E-state index contributed by atoms with van der Waals surface area (Å²) in [6.07, 6.45) is -7.29. The molecule has 32 heavy (non-hydrogen) atoms. The second-order valence-corrected chi connectivity index (χ2v) is 7.53. The zero-order valence-corrected chi connectivity index (χ0v) is 16.9. The number of nitrogens with zero attached hydrogens (tertiary/aromatic N) is 1. The number of anilines is 1. The van der Waals surface area contributed by atoms with Gasteiger partial charge in [-0.25, -0.2) is 4.39 Å². The molecule has 1 N–H and O–H groups in total. The molecular formula is C24H20F4N2O2.